The summed E-state index contributed by atoms with van der Waals surface area (Å²) in [5, 5.41) is 10.6. The largest absolute Gasteiger partial charge is 0.393 e. The summed E-state index contributed by atoms with van der Waals surface area (Å²) in [6.45, 7) is 5.23. The fourth-order valence-electron chi connectivity index (χ4n) is 5.62. The molecule has 0 spiro atoms. The quantitative estimate of drug-likeness (QED) is 0.638. The van der Waals surface area contributed by atoms with Crippen LogP contribution in [0.3, 0.4) is 0 Å². The first-order valence-electron chi connectivity index (χ1n) is 12.7. The Morgan fingerprint density at radius 3 is 2.44 bits per heavy atom. The molecule has 3 heterocycles. The molecule has 8 nitrogen and oxygen atoms in total. The third kappa shape index (κ3) is 5.52. The van der Waals surface area contributed by atoms with E-state index in [0.29, 0.717) is 37.2 Å². The molecule has 2 aromatic heterocycles. The zero-order valence-electron chi connectivity index (χ0n) is 20.6. The maximum atomic E-state index is 13.5. The number of piperidine rings is 1. The van der Waals surface area contributed by atoms with Crippen LogP contribution in [-0.2, 0) is 16.4 Å². The molecule has 34 heavy (non-hydrogen) atoms. The SMILES string of the molecule is CCCC(C)Cc1ncc2c(=O)n(C3CCN(S(C)(=O)=O)CC3)cc(C3CCC(O)CC3)c2n1. The Hall–Kier alpha value is -1.84. The molecule has 1 saturated carbocycles. The summed E-state index contributed by atoms with van der Waals surface area (Å²) in [5.74, 6) is 1.50. The van der Waals surface area contributed by atoms with E-state index >= 15 is 0 Å². The fourth-order valence-corrected chi connectivity index (χ4v) is 6.49. The first-order valence-corrected chi connectivity index (χ1v) is 14.6. The number of aliphatic hydroxyl groups is 1. The monoisotopic (exact) mass is 490 g/mol. The number of hydrogen-bond acceptors (Lipinski definition) is 6. The lowest BCUT2D eigenvalue weighted by Gasteiger charge is -2.32. The molecule has 9 heteroatoms. The maximum Gasteiger partial charge on any atom is 0.261 e. The number of nitrogens with zero attached hydrogens (tertiary/aromatic N) is 4. The van der Waals surface area contributed by atoms with Crippen molar-refractivity contribution in [2.45, 2.75) is 89.7 Å². The van der Waals surface area contributed by atoms with E-state index in [4.69, 9.17) is 4.98 Å². The Bertz CT molecular complexity index is 1160. The molecule has 2 fully saturated rings. The first-order chi connectivity index (χ1) is 16.2. The van der Waals surface area contributed by atoms with Gasteiger partial charge in [0, 0.05) is 37.9 Å². The fraction of sp³-hybridized carbons (Fsp3) is 0.720. The summed E-state index contributed by atoms with van der Waals surface area (Å²) >= 11 is 0. The van der Waals surface area contributed by atoms with Crippen LogP contribution in [0.5, 0.6) is 0 Å². The van der Waals surface area contributed by atoms with Gasteiger partial charge in [0.2, 0.25) is 10.0 Å². The molecule has 4 rings (SSSR count). The van der Waals surface area contributed by atoms with Crippen LogP contribution >= 0.6 is 0 Å². The highest BCUT2D eigenvalue weighted by molar-refractivity contribution is 7.88. The summed E-state index contributed by atoms with van der Waals surface area (Å²) in [6, 6.07) is -0.0490. The Morgan fingerprint density at radius 2 is 1.82 bits per heavy atom. The number of pyridine rings is 1. The Kier molecular flexibility index (Phi) is 7.74. The van der Waals surface area contributed by atoms with Crippen molar-refractivity contribution in [1.29, 1.82) is 0 Å². The molecule has 1 atom stereocenters. The zero-order chi connectivity index (χ0) is 24.5. The van der Waals surface area contributed by atoms with Crippen LogP contribution in [0.4, 0.5) is 0 Å². The predicted octanol–water partition coefficient (Wildman–Crippen LogP) is 3.39. The maximum absolute atomic E-state index is 13.5. The van der Waals surface area contributed by atoms with Gasteiger partial charge in [-0.05, 0) is 55.9 Å². The van der Waals surface area contributed by atoms with Crippen LogP contribution in [0.15, 0.2) is 17.2 Å². The lowest BCUT2D eigenvalue weighted by Crippen LogP contribution is -2.40. The minimum Gasteiger partial charge on any atom is -0.393 e. The standard InChI is InChI=1S/C25H38N4O4S/c1-4-5-17(2)14-23-26-15-21-24(27-23)22(18-6-8-20(30)9-7-18)16-29(25(21)31)19-10-12-28(13-11-19)34(3,32)33/h15-20,30H,4-14H2,1-3H3. The van der Waals surface area contributed by atoms with Gasteiger partial charge in [0.25, 0.3) is 5.56 Å². The van der Waals surface area contributed by atoms with Gasteiger partial charge in [0.15, 0.2) is 0 Å². The summed E-state index contributed by atoms with van der Waals surface area (Å²) in [6.07, 6.45) is 12.1. The van der Waals surface area contributed by atoms with Crippen molar-refractivity contribution >= 4 is 20.9 Å². The molecule has 0 amide bonds. The van der Waals surface area contributed by atoms with E-state index in [2.05, 4.69) is 18.8 Å². The second kappa shape index (κ2) is 10.4. The van der Waals surface area contributed by atoms with Gasteiger partial charge in [-0.25, -0.2) is 22.7 Å². The predicted molar refractivity (Wildman–Crippen MR) is 133 cm³/mol. The smallest absolute Gasteiger partial charge is 0.261 e. The summed E-state index contributed by atoms with van der Waals surface area (Å²) in [7, 11) is -3.22. The Morgan fingerprint density at radius 1 is 1.15 bits per heavy atom. The lowest BCUT2D eigenvalue weighted by atomic mass is 9.82. The molecule has 2 aromatic rings. The molecule has 1 N–H and O–H groups in total. The van der Waals surface area contributed by atoms with Crippen LogP contribution in [0.1, 0.15) is 88.6 Å². The van der Waals surface area contributed by atoms with Crippen molar-refractivity contribution in [3.05, 3.63) is 34.1 Å². The van der Waals surface area contributed by atoms with Crippen molar-refractivity contribution in [3.8, 4) is 0 Å². The average Bonchev–Trinajstić information content (AvgIpc) is 2.80. The molecule has 1 unspecified atom stereocenters. The van der Waals surface area contributed by atoms with Crippen LogP contribution in [-0.4, -0.2) is 57.8 Å². The van der Waals surface area contributed by atoms with E-state index in [1.54, 1.807) is 6.20 Å². The summed E-state index contributed by atoms with van der Waals surface area (Å²) < 4.78 is 27.2. The summed E-state index contributed by atoms with van der Waals surface area (Å²) in [4.78, 5) is 23.0. The van der Waals surface area contributed by atoms with Crippen molar-refractivity contribution in [2.24, 2.45) is 5.92 Å². The first kappa shape index (κ1) is 25.3. The number of sulfonamides is 1. The van der Waals surface area contributed by atoms with E-state index in [0.717, 1.165) is 61.9 Å². The van der Waals surface area contributed by atoms with Gasteiger partial charge in [0.1, 0.15) is 5.82 Å². The molecular weight excluding hydrogens is 452 g/mol. The van der Waals surface area contributed by atoms with Crippen molar-refractivity contribution in [2.75, 3.05) is 19.3 Å². The topological polar surface area (TPSA) is 105 Å². The van der Waals surface area contributed by atoms with Gasteiger partial charge in [-0.1, -0.05) is 26.7 Å². The second-order valence-electron chi connectivity index (χ2n) is 10.3. The van der Waals surface area contributed by atoms with E-state index in [1.807, 2.05) is 10.8 Å². The van der Waals surface area contributed by atoms with Gasteiger partial charge >= 0.3 is 0 Å². The number of rotatable bonds is 7. The minimum atomic E-state index is -3.22. The second-order valence-corrected chi connectivity index (χ2v) is 12.3. The lowest BCUT2D eigenvalue weighted by molar-refractivity contribution is 0.122. The van der Waals surface area contributed by atoms with Gasteiger partial charge in [0.05, 0.1) is 23.3 Å². The van der Waals surface area contributed by atoms with E-state index in [9.17, 15) is 18.3 Å². The highest BCUT2D eigenvalue weighted by atomic mass is 32.2. The highest BCUT2D eigenvalue weighted by Gasteiger charge is 2.29. The van der Waals surface area contributed by atoms with E-state index < -0.39 is 10.0 Å². The minimum absolute atomic E-state index is 0.0490. The highest BCUT2D eigenvalue weighted by Crippen LogP contribution is 2.36. The molecule has 0 aromatic carbocycles. The molecule has 188 valence electrons. The van der Waals surface area contributed by atoms with Gasteiger partial charge < -0.3 is 9.67 Å². The van der Waals surface area contributed by atoms with Crippen LogP contribution in [0.25, 0.3) is 10.9 Å². The van der Waals surface area contributed by atoms with Crippen LogP contribution in [0, 0.1) is 5.92 Å². The van der Waals surface area contributed by atoms with E-state index in [-0.39, 0.29) is 23.6 Å². The van der Waals surface area contributed by atoms with Crippen LogP contribution in [0.2, 0.25) is 0 Å². The van der Waals surface area contributed by atoms with Gasteiger partial charge in [-0.3, -0.25) is 4.79 Å². The van der Waals surface area contributed by atoms with Crippen molar-refractivity contribution < 1.29 is 13.5 Å². The average molecular weight is 491 g/mol. The van der Waals surface area contributed by atoms with Crippen molar-refractivity contribution in [3.63, 3.8) is 0 Å². The molecule has 0 radical (unpaired) electrons. The third-order valence-electron chi connectivity index (χ3n) is 7.59. The molecule has 1 aliphatic heterocycles. The van der Waals surface area contributed by atoms with Crippen molar-refractivity contribution in [1.82, 2.24) is 18.8 Å². The molecule has 1 aliphatic carbocycles. The van der Waals surface area contributed by atoms with E-state index in [1.165, 1.54) is 10.6 Å². The molecular formula is C25H38N4O4S. The Labute approximate surface area is 202 Å². The molecule has 2 aliphatic rings. The Balaban J connectivity index is 1.73. The number of aliphatic hydroxyl groups excluding tert-OH is 1. The number of aromatic nitrogens is 3. The zero-order valence-corrected chi connectivity index (χ0v) is 21.4. The van der Waals surface area contributed by atoms with Crippen LogP contribution < -0.4 is 5.56 Å². The third-order valence-corrected chi connectivity index (χ3v) is 8.89. The summed E-state index contributed by atoms with van der Waals surface area (Å²) in [5.41, 5.74) is 1.73. The normalized spacial score (nSPS) is 23.9. The number of fused-ring (bicyclic) bond motifs is 1. The molecule has 1 saturated heterocycles. The number of hydrogen-bond donors (Lipinski definition) is 1. The van der Waals surface area contributed by atoms with Gasteiger partial charge in [-0.2, -0.15) is 0 Å². The molecule has 0 bridgehead atoms. The van der Waals surface area contributed by atoms with Gasteiger partial charge in [-0.15, -0.1) is 0 Å².